The molecule has 0 spiro atoms. The zero-order chi connectivity index (χ0) is 9.68. The van der Waals surface area contributed by atoms with Gasteiger partial charge in [-0.25, -0.2) is 0 Å². The molecule has 0 bridgehead atoms. The molecule has 1 saturated carbocycles. The van der Waals surface area contributed by atoms with Crippen LogP contribution in [0.1, 0.15) is 32.6 Å². The van der Waals surface area contributed by atoms with Crippen molar-refractivity contribution in [3.63, 3.8) is 0 Å². The lowest BCUT2D eigenvalue weighted by atomic mass is 10.2. The van der Waals surface area contributed by atoms with Crippen molar-refractivity contribution >= 4 is 0 Å². The molecule has 3 heteroatoms. The van der Waals surface area contributed by atoms with Gasteiger partial charge in [-0.15, -0.1) is 0 Å². The van der Waals surface area contributed by atoms with E-state index in [1.54, 1.807) is 0 Å². The fourth-order valence-electron chi connectivity index (χ4n) is 1.57. The molecule has 1 fully saturated rings. The van der Waals surface area contributed by atoms with Gasteiger partial charge in [0.15, 0.2) is 0 Å². The van der Waals surface area contributed by atoms with Crippen molar-refractivity contribution in [2.45, 2.75) is 44.8 Å². The van der Waals surface area contributed by atoms with Gasteiger partial charge in [-0.2, -0.15) is 0 Å². The third-order valence-electron chi connectivity index (χ3n) is 2.58. The fourth-order valence-corrected chi connectivity index (χ4v) is 1.57. The minimum atomic E-state index is -0.336. The lowest BCUT2D eigenvalue weighted by Crippen LogP contribution is -2.38. The Bertz CT molecular complexity index is 137. The van der Waals surface area contributed by atoms with Crippen LogP contribution in [0.5, 0.6) is 0 Å². The average Bonchev–Trinajstić information content (AvgIpc) is 2.94. The topological polar surface area (TPSA) is 49.5 Å². The maximum absolute atomic E-state index is 9.44. The van der Waals surface area contributed by atoms with E-state index >= 15 is 0 Å². The highest BCUT2D eigenvalue weighted by Gasteiger charge is 2.29. The average molecular weight is 186 g/mol. The second-order valence-electron chi connectivity index (χ2n) is 3.97. The quantitative estimate of drug-likeness (QED) is 0.611. The van der Waals surface area contributed by atoms with E-state index in [4.69, 9.17) is 5.73 Å². The van der Waals surface area contributed by atoms with Gasteiger partial charge in [0.25, 0.3) is 0 Å². The largest absolute Gasteiger partial charge is 0.390 e. The molecular weight excluding hydrogens is 164 g/mol. The summed E-state index contributed by atoms with van der Waals surface area (Å²) in [5.41, 5.74) is 5.39. The monoisotopic (exact) mass is 186 g/mol. The molecule has 0 saturated heterocycles. The first-order chi connectivity index (χ1) is 6.27. The molecule has 1 rings (SSSR count). The Morgan fingerprint density at radius 2 is 2.23 bits per heavy atom. The van der Waals surface area contributed by atoms with Crippen molar-refractivity contribution < 1.29 is 5.11 Å². The highest BCUT2D eigenvalue weighted by molar-refractivity contribution is 4.85. The van der Waals surface area contributed by atoms with Gasteiger partial charge in [0.2, 0.25) is 0 Å². The molecule has 0 aromatic rings. The van der Waals surface area contributed by atoms with Crippen LogP contribution in [-0.4, -0.2) is 41.8 Å². The summed E-state index contributed by atoms with van der Waals surface area (Å²) in [4.78, 5) is 2.39. The predicted octanol–water partition coefficient (Wildman–Crippen LogP) is 0.570. The Hall–Kier alpha value is -0.120. The highest BCUT2D eigenvalue weighted by Crippen LogP contribution is 2.27. The number of unbranched alkanes of at least 4 members (excludes halogenated alkanes) is 1. The summed E-state index contributed by atoms with van der Waals surface area (Å²) in [7, 11) is 0. The van der Waals surface area contributed by atoms with Crippen molar-refractivity contribution in [1.82, 2.24) is 4.90 Å². The molecular formula is C10H22N2O. The van der Waals surface area contributed by atoms with E-state index < -0.39 is 0 Å². The third kappa shape index (κ3) is 4.07. The first kappa shape index (κ1) is 11.0. The molecule has 3 nitrogen and oxygen atoms in total. The summed E-state index contributed by atoms with van der Waals surface area (Å²) < 4.78 is 0. The number of aliphatic hydroxyl groups is 1. The lowest BCUT2D eigenvalue weighted by molar-refractivity contribution is 0.113. The molecule has 0 radical (unpaired) electrons. The van der Waals surface area contributed by atoms with Crippen LogP contribution in [-0.2, 0) is 0 Å². The van der Waals surface area contributed by atoms with E-state index in [1.807, 2.05) is 0 Å². The minimum absolute atomic E-state index is 0.336. The fraction of sp³-hybridized carbons (Fsp3) is 1.00. The van der Waals surface area contributed by atoms with Gasteiger partial charge in [0.1, 0.15) is 0 Å². The molecule has 13 heavy (non-hydrogen) atoms. The van der Waals surface area contributed by atoms with Gasteiger partial charge in [0, 0.05) is 19.1 Å². The maximum atomic E-state index is 9.44. The Balaban J connectivity index is 2.20. The van der Waals surface area contributed by atoms with Gasteiger partial charge in [-0.1, -0.05) is 13.3 Å². The molecule has 0 heterocycles. The summed E-state index contributed by atoms with van der Waals surface area (Å²) in [6.45, 7) is 4.47. The van der Waals surface area contributed by atoms with Crippen LogP contribution in [0, 0.1) is 0 Å². The van der Waals surface area contributed by atoms with E-state index in [2.05, 4.69) is 11.8 Å². The van der Waals surface area contributed by atoms with Crippen LogP contribution in [0.25, 0.3) is 0 Å². The highest BCUT2D eigenvalue weighted by atomic mass is 16.3. The van der Waals surface area contributed by atoms with E-state index in [1.165, 1.54) is 25.7 Å². The van der Waals surface area contributed by atoms with Gasteiger partial charge >= 0.3 is 0 Å². The van der Waals surface area contributed by atoms with Crippen LogP contribution in [0.4, 0.5) is 0 Å². The van der Waals surface area contributed by atoms with Crippen LogP contribution >= 0.6 is 0 Å². The second kappa shape index (κ2) is 5.58. The number of hydrogen-bond acceptors (Lipinski definition) is 3. The van der Waals surface area contributed by atoms with Crippen LogP contribution in [0.2, 0.25) is 0 Å². The Labute approximate surface area is 80.9 Å². The number of nitrogens with zero attached hydrogens (tertiary/aromatic N) is 1. The van der Waals surface area contributed by atoms with Gasteiger partial charge in [0.05, 0.1) is 6.10 Å². The summed E-state index contributed by atoms with van der Waals surface area (Å²) >= 11 is 0. The zero-order valence-corrected chi connectivity index (χ0v) is 8.58. The summed E-state index contributed by atoms with van der Waals surface area (Å²) in [5, 5.41) is 9.44. The Morgan fingerprint density at radius 3 is 2.69 bits per heavy atom. The lowest BCUT2D eigenvalue weighted by Gasteiger charge is -2.23. The Morgan fingerprint density at radius 1 is 1.54 bits per heavy atom. The van der Waals surface area contributed by atoms with Crippen molar-refractivity contribution in [1.29, 1.82) is 0 Å². The van der Waals surface area contributed by atoms with E-state index in [-0.39, 0.29) is 6.10 Å². The first-order valence-electron chi connectivity index (χ1n) is 5.40. The number of aliphatic hydroxyl groups excluding tert-OH is 1. The molecule has 0 aromatic heterocycles. The van der Waals surface area contributed by atoms with Crippen molar-refractivity contribution in [2.75, 3.05) is 19.6 Å². The van der Waals surface area contributed by atoms with Crippen LogP contribution in [0.15, 0.2) is 0 Å². The zero-order valence-electron chi connectivity index (χ0n) is 8.58. The minimum Gasteiger partial charge on any atom is -0.390 e. The smallest absolute Gasteiger partial charge is 0.0789 e. The van der Waals surface area contributed by atoms with Crippen molar-refractivity contribution in [3.05, 3.63) is 0 Å². The summed E-state index contributed by atoms with van der Waals surface area (Å²) in [5.74, 6) is 0. The second-order valence-corrected chi connectivity index (χ2v) is 3.97. The summed E-state index contributed by atoms with van der Waals surface area (Å²) in [6.07, 6.45) is 4.73. The van der Waals surface area contributed by atoms with E-state index in [0.29, 0.717) is 6.54 Å². The third-order valence-corrected chi connectivity index (χ3v) is 2.58. The molecule has 0 amide bonds. The van der Waals surface area contributed by atoms with Crippen LogP contribution in [0.3, 0.4) is 0 Å². The number of nitrogens with two attached hydrogens (primary N) is 1. The molecule has 0 aliphatic heterocycles. The van der Waals surface area contributed by atoms with E-state index in [0.717, 1.165) is 19.1 Å². The maximum Gasteiger partial charge on any atom is 0.0789 e. The normalized spacial score (nSPS) is 19.4. The Kier molecular flexibility index (Phi) is 4.70. The molecule has 78 valence electrons. The number of hydrogen-bond donors (Lipinski definition) is 2. The molecule has 1 atom stereocenters. The van der Waals surface area contributed by atoms with Gasteiger partial charge in [-0.3, -0.25) is 4.90 Å². The van der Waals surface area contributed by atoms with Crippen molar-refractivity contribution in [3.8, 4) is 0 Å². The standard InChI is InChI=1S/C10H22N2O/c1-2-3-6-12(9-4-5-9)8-10(13)7-11/h9-10,13H,2-8,11H2,1H3. The molecule has 1 aliphatic rings. The SMILES string of the molecule is CCCCN(CC(O)CN)C1CC1. The number of rotatable bonds is 7. The first-order valence-corrected chi connectivity index (χ1v) is 5.40. The van der Waals surface area contributed by atoms with Crippen molar-refractivity contribution in [2.24, 2.45) is 5.73 Å². The predicted molar refractivity (Wildman–Crippen MR) is 54.6 cm³/mol. The molecule has 1 aliphatic carbocycles. The molecule has 0 aromatic carbocycles. The summed E-state index contributed by atoms with van der Waals surface area (Å²) in [6, 6.07) is 0.743. The van der Waals surface area contributed by atoms with Crippen LogP contribution < -0.4 is 5.73 Å². The van der Waals surface area contributed by atoms with E-state index in [9.17, 15) is 5.11 Å². The van der Waals surface area contributed by atoms with Gasteiger partial charge in [-0.05, 0) is 25.8 Å². The molecule has 1 unspecified atom stereocenters. The molecule has 3 N–H and O–H groups in total. The van der Waals surface area contributed by atoms with Gasteiger partial charge < -0.3 is 10.8 Å².